The van der Waals surface area contributed by atoms with Crippen molar-refractivity contribution in [3.8, 4) is 0 Å². The summed E-state index contributed by atoms with van der Waals surface area (Å²) in [5, 5.41) is 99.1. The number of carbonyl (C=O) groups is 3. The number of aliphatic hydroxyl groups is 9. The summed E-state index contributed by atoms with van der Waals surface area (Å²) in [6.45, 7) is 17.5. The number of ketones is 1. The maximum absolute atomic E-state index is 14.6. The number of rotatable bonds is 15. The van der Waals surface area contributed by atoms with Gasteiger partial charge in [-0.3, -0.25) is 14.4 Å². The number of methoxy groups -OCH3 is 1. The molecule has 0 radical (unpaired) electrons. The highest BCUT2D eigenvalue weighted by atomic mass is 16.8. The molecule has 27 atom stereocenters. The molecule has 5 aliphatic heterocycles. The van der Waals surface area contributed by atoms with Crippen LogP contribution in [0.15, 0.2) is 23.8 Å². The number of hydrogen-bond acceptors (Lipinski definition) is 23. The zero-order valence-electron chi connectivity index (χ0n) is 46.1. The van der Waals surface area contributed by atoms with Crippen LogP contribution < -0.4 is 0 Å². The highest BCUT2D eigenvalue weighted by molar-refractivity contribution is 5.94. The van der Waals surface area contributed by atoms with Gasteiger partial charge in [-0.05, 0) is 94.0 Å². The van der Waals surface area contributed by atoms with Crippen LogP contribution in [0.5, 0.6) is 0 Å². The van der Waals surface area contributed by atoms with Gasteiger partial charge in [-0.2, -0.15) is 0 Å². The quantitative estimate of drug-likeness (QED) is 0.0591. The summed E-state index contributed by atoms with van der Waals surface area (Å²) in [6.07, 6.45) is -22.3. The first-order valence-corrected chi connectivity index (χ1v) is 27.6. The molecule has 8 fully saturated rings. The fraction of sp³-hybridized carbons (Fsp3) is 0.873. The van der Waals surface area contributed by atoms with Crippen molar-refractivity contribution < 1.29 is 112 Å². The summed E-state index contributed by atoms with van der Waals surface area (Å²) < 4.78 is 65.8. The average molecular weight is 1110 g/mol. The SMILES string of the molecule is C=C(C)C(=O)CCC1(C)OC(=O)C23CCC4C(=CCC5C(C)(C)C(OC6OCC(O)C(O)C6OC6OC(C)C(OC7OC(CO)C(O)C(OC8OCC(O)C(OC)C8O)C7O)C(O)C6O)CCC45C)C2(C)CC(OC(C)=O)C13. The number of Topliss-reactive ketones (excluding diaryl/α,β-unsaturated/α-hetero) is 1. The predicted molar refractivity (Wildman–Crippen MR) is 266 cm³/mol. The number of carbonyl (C=O) groups excluding carboxylic acids is 3. The lowest BCUT2D eigenvalue weighted by Gasteiger charge is -2.63. The minimum absolute atomic E-state index is 0.0362. The number of esters is 2. The monoisotopic (exact) mass is 1110 g/mol. The first-order valence-electron chi connectivity index (χ1n) is 27.6. The second-order valence-electron chi connectivity index (χ2n) is 25.0. The van der Waals surface area contributed by atoms with Gasteiger partial charge in [0.15, 0.2) is 30.9 Å². The highest BCUT2D eigenvalue weighted by Gasteiger charge is 2.79. The van der Waals surface area contributed by atoms with Gasteiger partial charge in [0.1, 0.15) is 91.1 Å². The second-order valence-corrected chi connectivity index (χ2v) is 25.0. The van der Waals surface area contributed by atoms with Crippen LogP contribution in [0.3, 0.4) is 0 Å². The van der Waals surface area contributed by atoms with Crippen molar-refractivity contribution in [2.24, 2.45) is 39.4 Å². The summed E-state index contributed by atoms with van der Waals surface area (Å²) in [4.78, 5) is 40.2. The molecule has 5 heterocycles. The number of ether oxygens (including phenoxy) is 11. The summed E-state index contributed by atoms with van der Waals surface area (Å²) in [5.74, 6) is -1.27. The van der Waals surface area contributed by atoms with Gasteiger partial charge in [-0.15, -0.1) is 0 Å². The van der Waals surface area contributed by atoms with E-state index >= 15 is 0 Å². The molecule has 0 bridgehead atoms. The first kappa shape index (κ1) is 60.0. The first-order chi connectivity index (χ1) is 36.6. The minimum atomic E-state index is -1.88. The summed E-state index contributed by atoms with van der Waals surface area (Å²) in [7, 11) is 1.26. The van der Waals surface area contributed by atoms with E-state index in [-0.39, 0.29) is 55.1 Å². The zero-order valence-corrected chi connectivity index (χ0v) is 46.1. The van der Waals surface area contributed by atoms with E-state index < -0.39 is 163 Å². The Kier molecular flexibility index (Phi) is 17.0. The van der Waals surface area contributed by atoms with Crippen LogP contribution in [0.4, 0.5) is 0 Å². The standard InChI is InChI=1S/C55H84O23/c1-23(2)28(58)14-17-54(9)45-31(72-25(4)57)19-53(8)27-11-12-33-51(5,6)34(15-16-52(33,7)26(27)13-18-55(45,53)50(67)78-54)74-49-44(35(61)29(59)21-70-49)77-47-38(64)37(63)41(24(3)71-47)75-48-40(66)43(36(62)32(20-56)73-48)76-46-39(65)42(68-10)30(60)22-69-46/h11,24,26,29-49,56,59-66H,1,12-22H2,2-10H3. The molecule has 5 saturated heterocycles. The van der Waals surface area contributed by atoms with E-state index in [1.807, 2.05) is 6.92 Å². The van der Waals surface area contributed by atoms with Crippen molar-refractivity contribution >= 4 is 17.7 Å². The van der Waals surface area contributed by atoms with Crippen LogP contribution in [0.1, 0.15) is 107 Å². The van der Waals surface area contributed by atoms with Crippen LogP contribution in [0.25, 0.3) is 0 Å². The molecule has 0 amide bonds. The van der Waals surface area contributed by atoms with Crippen molar-refractivity contribution in [1.82, 2.24) is 0 Å². The molecule has 3 saturated carbocycles. The van der Waals surface area contributed by atoms with Gasteiger partial charge in [-0.1, -0.05) is 45.9 Å². The lowest BCUT2D eigenvalue weighted by molar-refractivity contribution is -0.387. The largest absolute Gasteiger partial charge is 0.462 e. The van der Waals surface area contributed by atoms with Gasteiger partial charge >= 0.3 is 11.9 Å². The van der Waals surface area contributed by atoms with Crippen LogP contribution in [-0.2, 0) is 66.5 Å². The van der Waals surface area contributed by atoms with E-state index in [2.05, 4.69) is 40.3 Å². The molecular weight excluding hydrogens is 1030 g/mol. The lowest BCUT2D eigenvalue weighted by Crippen LogP contribution is -2.66. The number of aliphatic hydroxyl groups excluding tert-OH is 9. The summed E-state index contributed by atoms with van der Waals surface area (Å²) in [6, 6.07) is 0. The van der Waals surface area contributed by atoms with Gasteiger partial charge in [0.25, 0.3) is 0 Å². The molecule has 4 aliphatic carbocycles. The smallest absolute Gasteiger partial charge is 0.314 e. The van der Waals surface area contributed by atoms with E-state index in [0.29, 0.717) is 44.1 Å². The Bertz CT molecular complexity index is 2260. The molecule has 0 aromatic heterocycles. The number of fused-ring (bicyclic) bond motifs is 4. The minimum Gasteiger partial charge on any atom is -0.462 e. The molecule has 442 valence electrons. The van der Waals surface area contributed by atoms with Crippen LogP contribution in [0, 0.1) is 39.4 Å². The summed E-state index contributed by atoms with van der Waals surface area (Å²) in [5.41, 5.74) is -1.99. The van der Waals surface area contributed by atoms with Crippen molar-refractivity contribution in [3.63, 3.8) is 0 Å². The molecular formula is C55H84O23. The van der Waals surface area contributed by atoms with Gasteiger partial charge in [0, 0.05) is 25.9 Å². The topological polar surface area (TPSA) is 335 Å². The van der Waals surface area contributed by atoms with Gasteiger partial charge in [-0.25, -0.2) is 0 Å². The summed E-state index contributed by atoms with van der Waals surface area (Å²) >= 11 is 0. The third-order valence-corrected chi connectivity index (χ3v) is 20.1. The van der Waals surface area contributed by atoms with Crippen LogP contribution in [0.2, 0.25) is 0 Å². The van der Waals surface area contributed by atoms with Crippen molar-refractivity contribution in [3.05, 3.63) is 23.8 Å². The normalized spacial score (nSPS) is 50.8. The lowest BCUT2D eigenvalue weighted by atomic mass is 9.41. The third-order valence-electron chi connectivity index (χ3n) is 20.1. The number of allylic oxidation sites excluding steroid dienone is 3. The van der Waals surface area contributed by atoms with E-state index in [1.54, 1.807) is 6.92 Å². The van der Waals surface area contributed by atoms with Gasteiger partial charge in [0.2, 0.25) is 0 Å². The van der Waals surface area contributed by atoms with Crippen molar-refractivity contribution in [1.29, 1.82) is 0 Å². The van der Waals surface area contributed by atoms with Crippen molar-refractivity contribution in [2.75, 3.05) is 26.9 Å². The molecule has 78 heavy (non-hydrogen) atoms. The fourth-order valence-electron chi connectivity index (χ4n) is 16.0. The molecule has 0 aromatic rings. The number of hydrogen-bond donors (Lipinski definition) is 9. The third kappa shape index (κ3) is 9.86. The Hall–Kier alpha value is -2.63. The molecule has 23 heteroatoms. The number of cyclic esters (lactones) is 1. The Balaban J connectivity index is 0.888. The maximum atomic E-state index is 14.6. The zero-order chi connectivity index (χ0) is 56.9. The van der Waals surface area contributed by atoms with Crippen LogP contribution in [-0.4, -0.2) is 219 Å². The molecule has 23 nitrogen and oxygen atoms in total. The Morgan fingerprint density at radius 2 is 1.38 bits per heavy atom. The molecule has 1 spiro atoms. The maximum Gasteiger partial charge on any atom is 0.314 e. The Morgan fingerprint density at radius 3 is 2.05 bits per heavy atom. The van der Waals surface area contributed by atoms with Gasteiger partial charge in [0.05, 0.1) is 43.4 Å². The van der Waals surface area contributed by atoms with Gasteiger partial charge < -0.3 is 98.1 Å². The molecule has 9 aliphatic rings. The molecule has 9 rings (SSSR count). The second kappa shape index (κ2) is 22.2. The van der Waals surface area contributed by atoms with E-state index in [0.717, 1.165) is 0 Å². The van der Waals surface area contributed by atoms with Crippen molar-refractivity contribution in [2.45, 2.75) is 235 Å². The van der Waals surface area contributed by atoms with E-state index in [9.17, 15) is 60.3 Å². The predicted octanol–water partition coefficient (Wildman–Crippen LogP) is -0.0282. The average Bonchev–Trinajstić information content (AvgIpc) is 2.45. The Labute approximate surface area is 454 Å². The molecule has 27 unspecified atom stereocenters. The van der Waals surface area contributed by atoms with E-state index in [4.69, 9.17) is 52.1 Å². The fourth-order valence-corrected chi connectivity index (χ4v) is 16.0. The molecule has 0 aromatic carbocycles. The Morgan fingerprint density at radius 1 is 0.744 bits per heavy atom. The molecule has 9 N–H and O–H groups in total. The van der Waals surface area contributed by atoms with E-state index in [1.165, 1.54) is 26.5 Å². The highest BCUT2D eigenvalue weighted by Crippen LogP contribution is 2.76. The van der Waals surface area contributed by atoms with Crippen LogP contribution >= 0.6 is 0 Å².